The number of halogens is 2. The summed E-state index contributed by atoms with van der Waals surface area (Å²) in [5.41, 5.74) is 0. The second-order valence-corrected chi connectivity index (χ2v) is 1.77. The smallest absolute Gasteiger partial charge is 0.0149 e. The van der Waals surface area contributed by atoms with Gasteiger partial charge in [-0.05, 0) is 11.0 Å². The predicted octanol–water partition coefficient (Wildman–Crippen LogP) is 1.98. The first-order chi connectivity index (χ1) is 2.50. The minimum atomic E-state index is 0. The molecule has 0 atom stereocenters. The van der Waals surface area contributed by atoms with Crippen LogP contribution in [0.5, 0.6) is 0 Å². The Morgan fingerprint density at radius 1 is 0.556 bits per heavy atom. The second-order valence-electron chi connectivity index (χ2n) is 1.77. The molecular weight excluding hydrogens is 171 g/mol. The first-order valence-electron chi connectivity index (χ1n) is 2.50. The molecule has 0 saturated heterocycles. The van der Waals surface area contributed by atoms with E-state index in [0.29, 0.717) is 0 Å². The van der Waals surface area contributed by atoms with Crippen LogP contribution in [0.2, 0.25) is 0 Å². The van der Waals surface area contributed by atoms with Crippen LogP contribution >= 0.6 is 24.8 Å². The third kappa shape index (κ3) is 12.1. The third-order valence-corrected chi connectivity index (χ3v) is 1.25. The zero-order chi connectivity index (χ0) is 3.54. The highest BCUT2D eigenvalue weighted by atomic mass is 35.5. The quantitative estimate of drug-likeness (QED) is 0.513. The van der Waals surface area contributed by atoms with Crippen molar-refractivity contribution in [2.45, 2.75) is 39.5 Å². The Labute approximate surface area is 75.6 Å². The summed E-state index contributed by atoms with van der Waals surface area (Å²) in [6.45, 7) is 0. The van der Waals surface area contributed by atoms with Gasteiger partial charge in [-0.3, -0.25) is 0 Å². The van der Waals surface area contributed by atoms with Gasteiger partial charge in [0.1, 0.15) is 0 Å². The van der Waals surface area contributed by atoms with Gasteiger partial charge < -0.3 is 0 Å². The van der Waals surface area contributed by atoms with Gasteiger partial charge in [0.15, 0.2) is 0 Å². The van der Waals surface area contributed by atoms with Crippen molar-refractivity contribution in [3.05, 3.63) is 0 Å². The number of rotatable bonds is 0. The van der Waals surface area contributed by atoms with E-state index in [1.165, 1.54) is 32.1 Å². The van der Waals surface area contributed by atoms with E-state index in [2.05, 4.69) is 0 Å². The topological polar surface area (TPSA) is 0 Å². The molecule has 0 nitrogen and oxygen atoms in total. The van der Waals surface area contributed by atoms with Crippen LogP contribution in [0.4, 0.5) is 0 Å². The van der Waals surface area contributed by atoms with E-state index >= 15 is 0 Å². The van der Waals surface area contributed by atoms with Crippen molar-refractivity contribution in [3.8, 4) is 0 Å². The number of hydrogen-bond donors (Lipinski definition) is 0. The van der Waals surface area contributed by atoms with Crippen LogP contribution in [0.15, 0.2) is 0 Å². The Hall–Kier alpha value is 0.797. The molecule has 1 rings (SSSR count). The molecule has 0 heterocycles. The highest BCUT2D eigenvalue weighted by Crippen LogP contribution is 2.15. The molecule has 0 aliphatic heterocycles. The van der Waals surface area contributed by atoms with E-state index in [0.717, 1.165) is 0 Å². The van der Waals surface area contributed by atoms with Gasteiger partial charge in [0.25, 0.3) is 0 Å². The minimum absolute atomic E-state index is 0. The molecule has 0 aromatic rings. The van der Waals surface area contributed by atoms with Crippen molar-refractivity contribution in [1.82, 2.24) is 0 Å². The minimum Gasteiger partial charge on any atom is -0.147 e. The van der Waals surface area contributed by atoms with E-state index in [1.54, 1.807) is 0 Å². The fraction of sp³-hybridized carbons (Fsp3) is 1.00. The molecule has 1 aliphatic rings. The van der Waals surface area contributed by atoms with Crippen molar-refractivity contribution in [3.63, 3.8) is 0 Å². The molecule has 0 aromatic carbocycles. The van der Waals surface area contributed by atoms with Gasteiger partial charge in [-0.25, -0.2) is 0 Å². The first kappa shape index (κ1) is 22.6. The van der Waals surface area contributed by atoms with Crippen LogP contribution in [-0.2, 0) is 0 Å². The molecule has 1 aliphatic carbocycles. The fourth-order valence-electron chi connectivity index (χ4n) is 0.884. The van der Waals surface area contributed by atoms with Crippen LogP contribution in [0, 0.1) is 0 Å². The van der Waals surface area contributed by atoms with Crippen molar-refractivity contribution >= 4 is 35.8 Å². The maximum absolute atomic E-state index is 1.50. The van der Waals surface area contributed by atoms with Crippen LogP contribution in [0.3, 0.4) is 0 Å². The molecule has 0 unspecified atom stereocenters. The largest absolute Gasteiger partial charge is 0.147 e. The molecule has 1 saturated carbocycles. The van der Waals surface area contributed by atoms with Gasteiger partial charge in [-0.15, -0.1) is 24.8 Å². The molecule has 0 spiro atoms. The van der Waals surface area contributed by atoms with Crippen LogP contribution in [0.1, 0.15) is 39.5 Å². The van der Waals surface area contributed by atoms with Gasteiger partial charge in [-0.2, -0.15) is 0 Å². The average Bonchev–Trinajstić information content (AvgIpc) is 1.76. The summed E-state index contributed by atoms with van der Waals surface area (Å²) in [5, 5.41) is 0. The molecule has 9 heavy (non-hydrogen) atoms. The summed E-state index contributed by atoms with van der Waals surface area (Å²) < 4.78 is 0. The molecule has 0 bridgehead atoms. The van der Waals surface area contributed by atoms with E-state index in [4.69, 9.17) is 0 Å². The lowest BCUT2D eigenvalue weighted by Gasteiger charge is -1.67. The summed E-state index contributed by atoms with van der Waals surface area (Å²) in [6.07, 6.45) is 7.50. The van der Waals surface area contributed by atoms with Gasteiger partial charge in [-0.1, -0.05) is 39.5 Å². The average molecular weight is 191 g/mol. The molecular formula is C6H20Cl2Si. The second kappa shape index (κ2) is 15.9. The zero-order valence-electron chi connectivity index (χ0n) is 4.35. The van der Waals surface area contributed by atoms with Gasteiger partial charge in [0, 0.05) is 0 Å². The standard InChI is InChI=1S/C5H10.CH4.2ClH.H4Si/c1-2-4-5-3-1;;;;/h1-5H2;1H4;2*1H;1H4. The van der Waals surface area contributed by atoms with Crippen molar-refractivity contribution in [2.75, 3.05) is 0 Å². The SMILES string of the molecule is C.C1CCCC1.Cl.Cl.[SiH4]. The van der Waals surface area contributed by atoms with Crippen molar-refractivity contribution in [2.24, 2.45) is 0 Å². The molecule has 0 aromatic heterocycles. The molecule has 62 valence electrons. The zero-order valence-corrected chi connectivity index (χ0v) is 5.99. The Kier molecular flexibility index (Phi) is 39.9. The Morgan fingerprint density at radius 3 is 0.778 bits per heavy atom. The molecule has 0 N–H and O–H groups in total. The first-order valence-corrected chi connectivity index (χ1v) is 2.50. The summed E-state index contributed by atoms with van der Waals surface area (Å²) in [7, 11) is 0. The summed E-state index contributed by atoms with van der Waals surface area (Å²) in [5.74, 6) is 0. The van der Waals surface area contributed by atoms with Gasteiger partial charge in [0.05, 0.1) is 0 Å². The highest BCUT2D eigenvalue weighted by Gasteiger charge is 1.95. The van der Waals surface area contributed by atoms with E-state index in [9.17, 15) is 0 Å². The monoisotopic (exact) mass is 190 g/mol. The summed E-state index contributed by atoms with van der Waals surface area (Å²) >= 11 is 0. The lowest BCUT2D eigenvalue weighted by atomic mass is 10.4. The van der Waals surface area contributed by atoms with Crippen LogP contribution in [-0.4, -0.2) is 11.0 Å². The molecule has 3 heteroatoms. The summed E-state index contributed by atoms with van der Waals surface area (Å²) in [4.78, 5) is 0. The lowest BCUT2D eigenvalue weighted by molar-refractivity contribution is 0.886. The molecule has 0 amide bonds. The van der Waals surface area contributed by atoms with Crippen LogP contribution < -0.4 is 0 Å². The fourth-order valence-corrected chi connectivity index (χ4v) is 0.884. The molecule has 1 fully saturated rings. The molecule has 0 radical (unpaired) electrons. The predicted molar refractivity (Wildman–Crippen MR) is 55.6 cm³/mol. The normalized spacial score (nSPS) is 13.3. The van der Waals surface area contributed by atoms with Gasteiger partial charge in [0.2, 0.25) is 0 Å². The summed E-state index contributed by atoms with van der Waals surface area (Å²) in [6, 6.07) is 0. The van der Waals surface area contributed by atoms with Crippen molar-refractivity contribution < 1.29 is 0 Å². The maximum atomic E-state index is 1.50. The number of hydrogen-bond acceptors (Lipinski definition) is 0. The van der Waals surface area contributed by atoms with Gasteiger partial charge >= 0.3 is 0 Å². The lowest BCUT2D eigenvalue weighted by Crippen LogP contribution is -1.47. The Morgan fingerprint density at radius 2 is 0.667 bits per heavy atom. The maximum Gasteiger partial charge on any atom is -0.0149 e. The highest BCUT2D eigenvalue weighted by molar-refractivity contribution is 5.85. The van der Waals surface area contributed by atoms with Crippen LogP contribution in [0.25, 0.3) is 0 Å². The Bertz CT molecular complexity index is 22.6. The van der Waals surface area contributed by atoms with Crippen molar-refractivity contribution in [1.29, 1.82) is 0 Å². The van der Waals surface area contributed by atoms with E-state index in [-0.39, 0.29) is 43.2 Å². The third-order valence-electron chi connectivity index (χ3n) is 1.25. The van der Waals surface area contributed by atoms with E-state index < -0.39 is 0 Å². The Balaban J connectivity index is -0.0000000312. The van der Waals surface area contributed by atoms with E-state index in [1.807, 2.05) is 0 Å².